The molecule has 86 heavy (non-hydrogen) atoms. The van der Waals surface area contributed by atoms with E-state index in [1.165, 1.54) is 10.4 Å². The van der Waals surface area contributed by atoms with E-state index < -0.39 is 46.2 Å². The third-order valence-corrected chi connectivity index (χ3v) is 28.2. The molecule has 2 amide bonds. The minimum atomic E-state index is -3.04. The molecule has 3 aromatic carbocycles. The van der Waals surface area contributed by atoms with Crippen LogP contribution in [0.5, 0.6) is 5.75 Å². The monoisotopic (exact) mass is 1220 g/mol. The van der Waals surface area contributed by atoms with E-state index in [4.69, 9.17) is 42.0 Å². The van der Waals surface area contributed by atoms with Gasteiger partial charge >= 0.3 is 6.09 Å². The molecule has 0 spiro atoms. The maximum absolute atomic E-state index is 14.3. The number of carbonyl (C=O) groups excluding carboxylic acids is 2. The maximum Gasteiger partial charge on any atom is 0.413 e. The van der Waals surface area contributed by atoms with Crippen molar-refractivity contribution in [1.29, 1.82) is 0 Å². The molecule has 2 N–H and O–H groups in total. The fraction of sp³-hybridized carbons (Fsp3) is 0.629. The van der Waals surface area contributed by atoms with Gasteiger partial charge in [-0.3, -0.25) is 9.69 Å². The number of aliphatic hydroxyl groups excluding tert-OH is 1. The molecule has 7 rings (SSSR count). The molecule has 4 saturated heterocycles. The van der Waals surface area contributed by atoms with Crippen molar-refractivity contribution in [1.82, 2.24) is 10.2 Å². The fourth-order valence-electron chi connectivity index (χ4n) is 13.7. The van der Waals surface area contributed by atoms with Gasteiger partial charge in [-0.05, 0) is 137 Å². The zero-order valence-corrected chi connectivity index (χ0v) is 56.7. The summed E-state index contributed by atoms with van der Waals surface area (Å²) in [6.07, 6.45) is 7.38. The van der Waals surface area contributed by atoms with Crippen LogP contribution in [0.4, 0.5) is 4.79 Å². The first-order valence-electron chi connectivity index (χ1n) is 32.0. The van der Waals surface area contributed by atoms with Crippen LogP contribution >= 0.6 is 0 Å². The van der Waals surface area contributed by atoms with Crippen LogP contribution in [0.2, 0.25) is 23.2 Å². The Morgan fingerprint density at radius 1 is 0.837 bits per heavy atom. The van der Waals surface area contributed by atoms with Gasteiger partial charge in [-0.25, -0.2) is 4.79 Å². The number of benzene rings is 3. The second-order valence-corrected chi connectivity index (χ2v) is 36.3. The summed E-state index contributed by atoms with van der Waals surface area (Å²) in [5.74, 6) is 0.491. The van der Waals surface area contributed by atoms with Gasteiger partial charge in [-0.15, -0.1) is 0 Å². The van der Waals surface area contributed by atoms with E-state index in [0.29, 0.717) is 51.9 Å². The minimum Gasteiger partial charge on any atom is -0.497 e. The molecule has 14 nitrogen and oxygen atoms in total. The van der Waals surface area contributed by atoms with Crippen molar-refractivity contribution in [2.45, 2.75) is 244 Å². The summed E-state index contributed by atoms with van der Waals surface area (Å²) in [4.78, 5) is 29.7. The average molecular weight is 1220 g/mol. The first-order chi connectivity index (χ1) is 40.8. The maximum atomic E-state index is 14.3. The van der Waals surface area contributed by atoms with Gasteiger partial charge in [0.05, 0.1) is 87.8 Å². The Balaban J connectivity index is 1.11. The molecule has 4 fully saturated rings. The van der Waals surface area contributed by atoms with Crippen LogP contribution in [0.25, 0.3) is 0 Å². The Morgan fingerprint density at radius 2 is 1.47 bits per heavy atom. The lowest BCUT2D eigenvalue weighted by Gasteiger charge is -2.48. The Morgan fingerprint density at radius 3 is 2.05 bits per heavy atom. The van der Waals surface area contributed by atoms with Gasteiger partial charge in [0, 0.05) is 31.3 Å². The van der Waals surface area contributed by atoms with E-state index in [9.17, 15) is 14.7 Å². The van der Waals surface area contributed by atoms with Gasteiger partial charge in [0.25, 0.3) is 8.32 Å². The van der Waals surface area contributed by atoms with E-state index in [1.54, 1.807) is 18.1 Å². The molecule has 0 saturated carbocycles. The lowest BCUT2D eigenvalue weighted by atomic mass is 9.79. The van der Waals surface area contributed by atoms with Crippen LogP contribution in [0.1, 0.15) is 147 Å². The molecule has 16 heteroatoms. The quantitative estimate of drug-likeness (QED) is 0.0359. The lowest BCUT2D eigenvalue weighted by Crippen LogP contribution is -2.68. The molecule has 0 unspecified atom stereocenters. The SMILES string of the molecule is C=C1C[C@H](C[C@@H]2C[C@@H](O[Si](c3ccccc3)(c3ccccc3)C(C)(C)C)C[C@H]([C@@H](CO)NC(=O)/C=C/C[C@H]3O[C@@H](/C(C)=C/[C@@H]4COC(C)(C)N4C(=O)OC(C)(C)C)[C@H](C)[C@@H](O[Si](CC)(CC)CC)[C@H]3C)O2)O[C@@H](CCOCc2ccc(OC)cc2)C1. The number of nitrogens with one attached hydrogen (secondary N) is 1. The Labute approximate surface area is 518 Å². The van der Waals surface area contributed by atoms with E-state index in [-0.39, 0.29) is 78.2 Å². The van der Waals surface area contributed by atoms with Crippen molar-refractivity contribution in [3.8, 4) is 5.75 Å². The van der Waals surface area contributed by atoms with Crippen molar-refractivity contribution in [3.05, 3.63) is 126 Å². The lowest BCUT2D eigenvalue weighted by molar-refractivity contribution is -0.143. The molecule has 0 aliphatic carbocycles. The van der Waals surface area contributed by atoms with E-state index in [1.807, 2.05) is 65.0 Å². The normalized spacial score (nSPS) is 27.3. The third kappa shape index (κ3) is 17.5. The number of amides is 2. The van der Waals surface area contributed by atoms with Crippen LogP contribution in [-0.4, -0.2) is 138 Å². The molecular formula is C70H106N2O12Si2. The smallest absolute Gasteiger partial charge is 0.413 e. The molecule has 4 aliphatic rings. The van der Waals surface area contributed by atoms with E-state index >= 15 is 0 Å². The molecule has 12 atom stereocenters. The van der Waals surface area contributed by atoms with Gasteiger partial charge in [-0.2, -0.15) is 0 Å². The highest BCUT2D eigenvalue weighted by atomic mass is 28.4. The van der Waals surface area contributed by atoms with Crippen molar-refractivity contribution in [2.75, 3.05) is 26.9 Å². The van der Waals surface area contributed by atoms with E-state index in [2.05, 4.69) is 141 Å². The van der Waals surface area contributed by atoms with Gasteiger partial charge in [0.15, 0.2) is 8.32 Å². The summed E-state index contributed by atoms with van der Waals surface area (Å²) in [5, 5.41) is 16.6. The number of hydrogen-bond acceptors (Lipinski definition) is 12. The summed E-state index contributed by atoms with van der Waals surface area (Å²) in [5.41, 5.74) is 1.66. The second kappa shape index (κ2) is 30.4. The van der Waals surface area contributed by atoms with Gasteiger partial charge in [0.1, 0.15) is 17.1 Å². The number of ether oxygens (including phenoxy) is 7. The highest BCUT2D eigenvalue weighted by Crippen LogP contribution is 2.43. The van der Waals surface area contributed by atoms with Gasteiger partial charge in [0.2, 0.25) is 5.91 Å². The van der Waals surface area contributed by atoms with E-state index in [0.717, 1.165) is 53.4 Å². The molecule has 476 valence electrons. The Hall–Kier alpha value is -4.47. The fourth-order valence-corrected chi connectivity index (χ4v) is 21.4. The molecule has 0 bridgehead atoms. The van der Waals surface area contributed by atoms with Crippen molar-refractivity contribution < 1.29 is 56.7 Å². The summed E-state index contributed by atoms with van der Waals surface area (Å²) in [7, 11) is -3.46. The topological polar surface area (TPSA) is 153 Å². The standard InChI is InChI=1S/C70H106N2O12Si2/c1-17-85(18-2,19-3)84-66-50(6)62(81-65(51(66)7)49(5)41-53-47-78-70(14,15)72(53)67(75)82-68(8,9)10)31-26-32-64(74)71-61(45-73)63-44-58(83-86(69(11,12)13,59-27-22-20-23-28-59)60-29-24-21-25-30-60)43-57(80-63)42-56-40-48(4)39-55(79-56)37-38-77-46-52-33-35-54(76-16)36-34-52/h20-30,32-36,41,50-51,53,55-58,61-63,65-66,73H,4,17-19,31,37-40,42-47H2,1-3,5-16H3,(H,71,74)/b32-26+,49-41+/t50-,51-,53+,55-,56+,57+,58+,61+,62+,63+,65-,66-/m0/s1. The Bertz CT molecular complexity index is 2640. The highest BCUT2D eigenvalue weighted by molar-refractivity contribution is 6.99. The third-order valence-electron chi connectivity index (χ3n) is 18.5. The highest BCUT2D eigenvalue weighted by Gasteiger charge is 2.53. The molecule has 4 heterocycles. The second-order valence-electron chi connectivity index (χ2n) is 27.3. The summed E-state index contributed by atoms with van der Waals surface area (Å²) in [6, 6.07) is 31.2. The van der Waals surface area contributed by atoms with Crippen molar-refractivity contribution in [2.24, 2.45) is 11.8 Å². The summed E-state index contributed by atoms with van der Waals surface area (Å²) in [6.45, 7) is 35.0. The average Bonchev–Trinajstić information content (AvgIpc) is 1.19. The molecule has 3 aromatic rings. The zero-order valence-electron chi connectivity index (χ0n) is 54.7. The van der Waals surface area contributed by atoms with Gasteiger partial charge < -0.3 is 52.4 Å². The van der Waals surface area contributed by atoms with Gasteiger partial charge in [-0.1, -0.05) is 152 Å². The molecule has 4 aliphatic heterocycles. The first kappa shape index (κ1) is 69.0. The summed E-state index contributed by atoms with van der Waals surface area (Å²) >= 11 is 0. The summed E-state index contributed by atoms with van der Waals surface area (Å²) < 4.78 is 59.9. The first-order valence-corrected chi connectivity index (χ1v) is 36.4. The molecular weight excluding hydrogens is 1120 g/mol. The Kier molecular flexibility index (Phi) is 24.4. The predicted octanol–water partition coefficient (Wildman–Crippen LogP) is 12.8. The van der Waals surface area contributed by atoms with Crippen LogP contribution in [0.3, 0.4) is 0 Å². The number of carbonyl (C=O) groups is 2. The zero-order chi connectivity index (χ0) is 62.6. The van der Waals surface area contributed by atoms with Crippen molar-refractivity contribution >= 4 is 39.0 Å². The number of rotatable bonds is 25. The minimum absolute atomic E-state index is 0.00137. The number of aliphatic hydroxyl groups is 1. The number of hydrogen-bond donors (Lipinski definition) is 2. The predicted molar refractivity (Wildman–Crippen MR) is 347 cm³/mol. The largest absolute Gasteiger partial charge is 0.497 e. The van der Waals surface area contributed by atoms with Crippen LogP contribution in [-0.2, 0) is 48.7 Å². The molecule has 0 radical (unpaired) electrons. The number of methoxy groups -OCH3 is 1. The molecule has 0 aromatic heterocycles. The van der Waals surface area contributed by atoms with Crippen molar-refractivity contribution in [3.63, 3.8) is 0 Å². The van der Waals surface area contributed by atoms with Crippen LogP contribution in [0.15, 0.2) is 121 Å². The number of nitrogens with zero attached hydrogens (tertiary/aromatic N) is 1. The van der Waals surface area contributed by atoms with Crippen LogP contribution < -0.4 is 20.4 Å². The van der Waals surface area contributed by atoms with Crippen LogP contribution in [0, 0.1) is 11.8 Å².